The quantitative estimate of drug-likeness (QED) is 0.460. The topological polar surface area (TPSA) is 22.1 Å². The summed E-state index contributed by atoms with van der Waals surface area (Å²) in [6.45, 7) is 0. The van der Waals surface area contributed by atoms with Crippen LogP contribution in [0, 0.1) is 3.70 Å². The van der Waals surface area contributed by atoms with E-state index in [1.807, 2.05) is 0 Å². The first-order valence-corrected chi connectivity index (χ1v) is 4.94. The van der Waals surface area contributed by atoms with E-state index in [1.165, 1.54) is 22.6 Å². The summed E-state index contributed by atoms with van der Waals surface area (Å²) in [6.07, 6.45) is -7.31. The summed E-state index contributed by atoms with van der Waals surface area (Å²) in [6, 6.07) is 0. The van der Waals surface area contributed by atoms with E-state index in [0.29, 0.717) is 0 Å². The molecule has 1 aromatic rings. The van der Waals surface area contributed by atoms with Gasteiger partial charge in [-0.1, -0.05) is 0 Å². The molecular weight excluding hydrogens is 348 g/mol. The van der Waals surface area contributed by atoms with Gasteiger partial charge in [0.1, 0.15) is 15.0 Å². The van der Waals surface area contributed by atoms with E-state index in [0.717, 1.165) is 13.3 Å². The highest BCUT2D eigenvalue weighted by Crippen LogP contribution is 2.42. The van der Waals surface area contributed by atoms with E-state index in [-0.39, 0.29) is 0 Å². The van der Waals surface area contributed by atoms with Crippen LogP contribution in [-0.2, 0) is 6.18 Å². The zero-order valence-corrected chi connectivity index (χ0v) is 9.94. The normalized spacial score (nSPS) is 12.0. The van der Waals surface area contributed by atoms with Crippen molar-refractivity contribution >= 4 is 22.6 Å². The van der Waals surface area contributed by atoms with Crippen molar-refractivity contribution in [2.24, 2.45) is 0 Å². The van der Waals surface area contributed by atoms with Gasteiger partial charge in [-0.05, 0) is 22.6 Å². The molecular formula is C8H5F5INO. The fraction of sp³-hybridized carbons (Fsp3) is 0.375. The predicted molar refractivity (Wildman–Crippen MR) is 53.5 cm³/mol. The van der Waals surface area contributed by atoms with Gasteiger partial charge in [-0.3, -0.25) is 0 Å². The number of pyridine rings is 1. The Bertz CT molecular complexity index is 393. The van der Waals surface area contributed by atoms with Gasteiger partial charge in [-0.15, -0.1) is 0 Å². The van der Waals surface area contributed by atoms with Crippen LogP contribution in [0.3, 0.4) is 0 Å². The monoisotopic (exact) mass is 353 g/mol. The van der Waals surface area contributed by atoms with E-state index in [1.54, 1.807) is 0 Å². The second kappa shape index (κ2) is 4.68. The summed E-state index contributed by atoms with van der Waals surface area (Å²) in [7, 11) is 1.01. The Morgan fingerprint density at radius 2 is 1.94 bits per heavy atom. The van der Waals surface area contributed by atoms with Gasteiger partial charge < -0.3 is 4.74 Å². The summed E-state index contributed by atoms with van der Waals surface area (Å²) >= 11 is 1.26. The number of ether oxygens (including phenoxy) is 1. The van der Waals surface area contributed by atoms with Crippen molar-refractivity contribution in [2.45, 2.75) is 12.6 Å². The maximum Gasteiger partial charge on any atom is 0.419 e. The van der Waals surface area contributed by atoms with Crippen LogP contribution in [0.5, 0.6) is 5.75 Å². The molecule has 1 heterocycles. The molecule has 0 saturated heterocycles. The van der Waals surface area contributed by atoms with Crippen molar-refractivity contribution in [2.75, 3.05) is 7.11 Å². The molecule has 0 N–H and O–H groups in total. The fourth-order valence-electron chi connectivity index (χ4n) is 1.13. The Morgan fingerprint density at radius 1 is 1.38 bits per heavy atom. The van der Waals surface area contributed by atoms with Crippen molar-refractivity contribution in [1.29, 1.82) is 0 Å². The molecule has 0 aliphatic carbocycles. The predicted octanol–water partition coefficient (Wildman–Crippen LogP) is 3.65. The zero-order valence-electron chi connectivity index (χ0n) is 7.78. The van der Waals surface area contributed by atoms with Crippen molar-refractivity contribution < 1.29 is 26.7 Å². The first-order valence-electron chi connectivity index (χ1n) is 3.86. The third-order valence-electron chi connectivity index (χ3n) is 1.76. The van der Waals surface area contributed by atoms with Crippen molar-refractivity contribution in [1.82, 2.24) is 4.98 Å². The van der Waals surface area contributed by atoms with Gasteiger partial charge in [-0.2, -0.15) is 13.2 Å². The summed E-state index contributed by atoms with van der Waals surface area (Å²) < 4.78 is 66.7. The van der Waals surface area contributed by atoms with E-state index >= 15 is 0 Å². The Balaban J connectivity index is 3.55. The number of halogens is 6. The highest BCUT2D eigenvalue weighted by molar-refractivity contribution is 14.1. The summed E-state index contributed by atoms with van der Waals surface area (Å²) in [5, 5.41) is 0. The molecule has 90 valence electrons. The standard InChI is InChI=1S/C8H5F5INO/c1-16-3-2-15-7(14)5(8(11,12)13)4(3)6(9)10/h2,6H,1H3. The Kier molecular flexibility index (Phi) is 3.92. The highest BCUT2D eigenvalue weighted by atomic mass is 127. The third-order valence-corrected chi connectivity index (χ3v) is 2.58. The van der Waals surface area contributed by atoms with Gasteiger partial charge >= 0.3 is 6.18 Å². The largest absolute Gasteiger partial charge is 0.495 e. The molecule has 0 atom stereocenters. The Labute approximate surface area is 101 Å². The number of methoxy groups -OCH3 is 1. The number of alkyl halides is 5. The highest BCUT2D eigenvalue weighted by Gasteiger charge is 2.40. The number of hydrogen-bond acceptors (Lipinski definition) is 2. The van der Waals surface area contributed by atoms with Crippen LogP contribution in [0.15, 0.2) is 6.20 Å². The lowest BCUT2D eigenvalue weighted by molar-refractivity contribution is -0.140. The minimum Gasteiger partial charge on any atom is -0.495 e. The molecule has 0 aromatic carbocycles. The number of nitrogens with zero attached hydrogens (tertiary/aromatic N) is 1. The van der Waals surface area contributed by atoms with E-state index in [2.05, 4.69) is 9.72 Å². The third kappa shape index (κ3) is 2.53. The van der Waals surface area contributed by atoms with Crippen molar-refractivity contribution in [3.8, 4) is 5.75 Å². The Hall–Kier alpha value is -0.670. The second-order valence-corrected chi connectivity index (χ2v) is 3.73. The fourth-order valence-corrected chi connectivity index (χ4v) is 1.87. The molecule has 0 aliphatic rings. The molecule has 0 radical (unpaired) electrons. The molecule has 0 unspecified atom stereocenters. The summed E-state index contributed by atoms with van der Waals surface area (Å²) in [4.78, 5) is 3.37. The van der Waals surface area contributed by atoms with Gasteiger partial charge in [0.25, 0.3) is 6.43 Å². The van der Waals surface area contributed by atoms with Crippen LogP contribution >= 0.6 is 22.6 Å². The van der Waals surface area contributed by atoms with E-state index in [4.69, 9.17) is 0 Å². The molecule has 0 fully saturated rings. The van der Waals surface area contributed by atoms with Crippen LogP contribution in [0.1, 0.15) is 17.6 Å². The molecule has 2 nitrogen and oxygen atoms in total. The number of aromatic nitrogens is 1. The van der Waals surface area contributed by atoms with Gasteiger partial charge in [0.15, 0.2) is 0 Å². The van der Waals surface area contributed by atoms with Crippen molar-refractivity contribution in [3.05, 3.63) is 21.0 Å². The zero-order chi connectivity index (χ0) is 12.5. The molecule has 0 bridgehead atoms. The average molecular weight is 353 g/mol. The minimum atomic E-state index is -4.89. The maximum atomic E-state index is 12.6. The molecule has 1 aromatic heterocycles. The van der Waals surface area contributed by atoms with Crippen LogP contribution in [0.2, 0.25) is 0 Å². The first kappa shape index (κ1) is 13.4. The average Bonchev–Trinajstić information content (AvgIpc) is 2.15. The van der Waals surface area contributed by atoms with E-state index in [9.17, 15) is 22.0 Å². The number of hydrogen-bond donors (Lipinski definition) is 0. The van der Waals surface area contributed by atoms with Gasteiger partial charge in [0.2, 0.25) is 0 Å². The smallest absolute Gasteiger partial charge is 0.419 e. The van der Waals surface area contributed by atoms with Crippen LogP contribution in [0.4, 0.5) is 22.0 Å². The SMILES string of the molecule is COc1cnc(I)c(C(F)(F)F)c1C(F)F. The first-order chi connectivity index (χ1) is 7.29. The van der Waals surface area contributed by atoms with Gasteiger partial charge in [0, 0.05) is 0 Å². The maximum absolute atomic E-state index is 12.6. The molecule has 0 saturated carbocycles. The van der Waals surface area contributed by atoms with Crippen molar-refractivity contribution in [3.63, 3.8) is 0 Å². The molecule has 16 heavy (non-hydrogen) atoms. The summed E-state index contributed by atoms with van der Waals surface area (Å²) in [5.74, 6) is -0.567. The van der Waals surface area contributed by atoms with Gasteiger partial charge in [-0.25, -0.2) is 13.8 Å². The van der Waals surface area contributed by atoms with Gasteiger partial charge in [0.05, 0.1) is 18.9 Å². The number of rotatable bonds is 2. The molecule has 8 heteroatoms. The lowest BCUT2D eigenvalue weighted by Gasteiger charge is -2.16. The second-order valence-electron chi connectivity index (χ2n) is 2.70. The van der Waals surface area contributed by atoms with Crippen LogP contribution in [0.25, 0.3) is 0 Å². The molecule has 0 spiro atoms. The molecule has 1 rings (SSSR count). The minimum absolute atomic E-state index is 0.527. The van der Waals surface area contributed by atoms with Crippen LogP contribution < -0.4 is 4.74 Å². The lowest BCUT2D eigenvalue weighted by atomic mass is 10.1. The molecule has 0 aliphatic heterocycles. The van der Waals surface area contributed by atoms with Crippen LogP contribution in [-0.4, -0.2) is 12.1 Å². The molecule has 0 amide bonds. The van der Waals surface area contributed by atoms with E-state index < -0.39 is 33.2 Å². The lowest BCUT2D eigenvalue weighted by Crippen LogP contribution is -2.14. The summed E-state index contributed by atoms with van der Waals surface area (Å²) in [5.41, 5.74) is -2.61. The Morgan fingerprint density at radius 3 is 2.31 bits per heavy atom.